The maximum atomic E-state index is 14.1. The van der Waals surface area contributed by atoms with Gasteiger partial charge in [-0.3, -0.25) is 4.79 Å². The molecule has 2 N–H and O–H groups in total. The molecule has 2 aromatic rings. The molecule has 0 saturated carbocycles. The number of benzene rings is 1. The molecule has 25 heavy (non-hydrogen) atoms. The first-order valence-corrected chi connectivity index (χ1v) is 8.36. The van der Waals surface area contributed by atoms with Crippen molar-refractivity contribution >= 4 is 5.91 Å². The van der Waals surface area contributed by atoms with Gasteiger partial charge in [-0.1, -0.05) is 39.8 Å². The lowest BCUT2D eigenvalue weighted by Gasteiger charge is -2.27. The monoisotopic (exact) mass is 348 g/mol. The van der Waals surface area contributed by atoms with Crippen molar-refractivity contribution in [1.82, 2.24) is 20.1 Å². The molecule has 136 valence electrons. The number of hydrogen-bond acceptors (Lipinski definition) is 4. The first kappa shape index (κ1) is 19.1. The van der Waals surface area contributed by atoms with Gasteiger partial charge in [0.2, 0.25) is 5.82 Å². The van der Waals surface area contributed by atoms with Gasteiger partial charge in [-0.25, -0.2) is 14.1 Å². The van der Waals surface area contributed by atoms with E-state index < -0.39 is 17.3 Å². The molecule has 0 saturated heterocycles. The highest BCUT2D eigenvalue weighted by Crippen LogP contribution is 2.20. The largest absolute Gasteiger partial charge is 0.388 e. The van der Waals surface area contributed by atoms with Gasteiger partial charge in [-0.05, 0) is 25.0 Å². The third-order valence-corrected chi connectivity index (χ3v) is 4.28. The number of amides is 1. The third-order valence-electron chi connectivity index (χ3n) is 4.28. The molecule has 1 unspecified atom stereocenters. The Hall–Kier alpha value is -2.28. The number of rotatable bonds is 6. The fourth-order valence-electron chi connectivity index (χ4n) is 2.14. The Balaban J connectivity index is 2.30. The van der Waals surface area contributed by atoms with Crippen LogP contribution < -0.4 is 5.32 Å². The van der Waals surface area contributed by atoms with E-state index in [2.05, 4.69) is 15.4 Å². The van der Waals surface area contributed by atoms with E-state index in [0.29, 0.717) is 5.82 Å². The molecule has 0 aliphatic carbocycles. The van der Waals surface area contributed by atoms with Crippen molar-refractivity contribution in [2.75, 3.05) is 6.54 Å². The van der Waals surface area contributed by atoms with Crippen LogP contribution in [0.3, 0.4) is 0 Å². The van der Waals surface area contributed by atoms with Gasteiger partial charge in [0, 0.05) is 12.5 Å². The Bertz CT molecular complexity index is 753. The van der Waals surface area contributed by atoms with Crippen LogP contribution in [-0.4, -0.2) is 37.9 Å². The summed E-state index contributed by atoms with van der Waals surface area (Å²) in [7, 11) is 0. The number of para-hydroxylation sites is 1. The highest BCUT2D eigenvalue weighted by molar-refractivity contribution is 5.90. The number of aliphatic hydroxyl groups is 1. The van der Waals surface area contributed by atoms with Gasteiger partial charge in [0.05, 0.1) is 5.60 Å². The maximum Gasteiger partial charge on any atom is 0.291 e. The Labute approximate surface area is 147 Å². The second kappa shape index (κ2) is 7.31. The van der Waals surface area contributed by atoms with Gasteiger partial charge in [0.1, 0.15) is 17.3 Å². The predicted octanol–water partition coefficient (Wildman–Crippen LogP) is 2.67. The minimum absolute atomic E-state index is 0.0250. The minimum Gasteiger partial charge on any atom is -0.388 e. The van der Waals surface area contributed by atoms with Gasteiger partial charge < -0.3 is 10.4 Å². The van der Waals surface area contributed by atoms with E-state index in [1.54, 1.807) is 25.1 Å². The molecule has 1 amide bonds. The van der Waals surface area contributed by atoms with E-state index in [0.717, 1.165) is 0 Å². The normalized spacial score (nSPS) is 14.0. The average molecular weight is 348 g/mol. The minimum atomic E-state index is -1.04. The predicted molar refractivity (Wildman–Crippen MR) is 93.2 cm³/mol. The summed E-state index contributed by atoms with van der Waals surface area (Å²) in [6, 6.07) is 6.21. The van der Waals surface area contributed by atoms with Gasteiger partial charge in [-0.15, -0.1) is 5.10 Å². The zero-order chi connectivity index (χ0) is 18.8. The van der Waals surface area contributed by atoms with E-state index in [1.165, 1.54) is 10.7 Å². The summed E-state index contributed by atoms with van der Waals surface area (Å²) in [6.45, 7) is 9.26. The lowest BCUT2D eigenvalue weighted by Crippen LogP contribution is -2.44. The molecule has 2 rings (SSSR count). The smallest absolute Gasteiger partial charge is 0.291 e. The second-order valence-electron chi connectivity index (χ2n) is 7.01. The number of carbonyl (C=O) groups is 1. The highest BCUT2D eigenvalue weighted by Gasteiger charge is 2.27. The molecule has 0 aliphatic heterocycles. The van der Waals surface area contributed by atoms with Crippen molar-refractivity contribution in [3.05, 3.63) is 41.7 Å². The zero-order valence-electron chi connectivity index (χ0n) is 15.2. The summed E-state index contributed by atoms with van der Waals surface area (Å²) in [5.41, 5.74) is -0.795. The Kier molecular flexibility index (Phi) is 5.57. The topological polar surface area (TPSA) is 80.0 Å². The number of carbonyl (C=O) groups excluding carboxylic acids is 1. The van der Waals surface area contributed by atoms with Crippen LogP contribution in [0.2, 0.25) is 0 Å². The Morgan fingerprint density at radius 3 is 2.52 bits per heavy atom. The molecule has 0 radical (unpaired) electrons. The van der Waals surface area contributed by atoms with E-state index in [4.69, 9.17) is 0 Å². The van der Waals surface area contributed by atoms with Crippen LogP contribution in [0.15, 0.2) is 24.3 Å². The molecule has 6 nitrogen and oxygen atoms in total. The molecule has 0 fully saturated rings. The van der Waals surface area contributed by atoms with Crippen LogP contribution in [0.5, 0.6) is 0 Å². The van der Waals surface area contributed by atoms with Crippen LogP contribution in [0.4, 0.5) is 4.39 Å². The Morgan fingerprint density at radius 1 is 1.32 bits per heavy atom. The number of nitrogens with one attached hydrogen (secondary N) is 1. The van der Waals surface area contributed by atoms with E-state index >= 15 is 0 Å². The van der Waals surface area contributed by atoms with E-state index in [9.17, 15) is 14.3 Å². The van der Waals surface area contributed by atoms with Crippen molar-refractivity contribution in [2.24, 2.45) is 5.92 Å². The van der Waals surface area contributed by atoms with Crippen LogP contribution in [0.1, 0.15) is 57.0 Å². The summed E-state index contributed by atoms with van der Waals surface area (Å²) in [6.07, 6.45) is 0. The van der Waals surface area contributed by atoms with Crippen LogP contribution >= 0.6 is 0 Å². The van der Waals surface area contributed by atoms with Crippen molar-refractivity contribution in [3.8, 4) is 5.69 Å². The quantitative estimate of drug-likeness (QED) is 0.841. The van der Waals surface area contributed by atoms with Crippen LogP contribution in [-0.2, 0) is 0 Å². The van der Waals surface area contributed by atoms with Crippen molar-refractivity contribution in [1.29, 1.82) is 0 Å². The molecular weight excluding hydrogens is 323 g/mol. The second-order valence-corrected chi connectivity index (χ2v) is 7.01. The molecule has 0 bridgehead atoms. The van der Waals surface area contributed by atoms with E-state index in [1.807, 2.05) is 27.7 Å². The molecule has 1 heterocycles. The van der Waals surface area contributed by atoms with Crippen molar-refractivity contribution in [2.45, 2.75) is 46.1 Å². The highest BCUT2D eigenvalue weighted by atomic mass is 19.1. The van der Waals surface area contributed by atoms with Crippen molar-refractivity contribution < 1.29 is 14.3 Å². The molecule has 1 aromatic carbocycles. The summed E-state index contributed by atoms with van der Waals surface area (Å²) in [5.74, 6) is -0.574. The van der Waals surface area contributed by atoms with Crippen LogP contribution in [0, 0.1) is 11.7 Å². The number of halogens is 1. The van der Waals surface area contributed by atoms with Gasteiger partial charge >= 0.3 is 0 Å². The summed E-state index contributed by atoms with van der Waals surface area (Å²) in [5, 5.41) is 17.1. The van der Waals surface area contributed by atoms with Gasteiger partial charge in [0.15, 0.2) is 0 Å². The summed E-state index contributed by atoms with van der Waals surface area (Å²) < 4.78 is 15.5. The SMILES string of the molecule is CC(C)c1nc(C(=O)NCC(C)(O)C(C)C)nn1-c1ccccc1F. The standard InChI is InChI=1S/C18H25FN4O2/c1-11(2)16-21-15(17(24)20-10-18(5,25)12(3)4)22-23(16)14-9-7-6-8-13(14)19/h6-9,11-12,25H,10H2,1-5H3,(H,20,24). The maximum absolute atomic E-state index is 14.1. The molecular formula is C18H25FN4O2. The lowest BCUT2D eigenvalue weighted by molar-refractivity contribution is 0.0141. The molecule has 0 spiro atoms. The van der Waals surface area contributed by atoms with E-state index in [-0.39, 0.29) is 29.9 Å². The first-order chi connectivity index (χ1) is 11.6. The molecule has 1 aromatic heterocycles. The molecule has 1 atom stereocenters. The summed E-state index contributed by atoms with van der Waals surface area (Å²) in [4.78, 5) is 16.6. The third kappa shape index (κ3) is 4.22. The lowest BCUT2D eigenvalue weighted by atomic mass is 9.92. The summed E-state index contributed by atoms with van der Waals surface area (Å²) >= 11 is 0. The van der Waals surface area contributed by atoms with Gasteiger partial charge in [-0.2, -0.15) is 0 Å². The van der Waals surface area contributed by atoms with Crippen molar-refractivity contribution in [3.63, 3.8) is 0 Å². The first-order valence-electron chi connectivity index (χ1n) is 8.36. The average Bonchev–Trinajstić information content (AvgIpc) is 2.98. The number of nitrogens with zero attached hydrogens (tertiary/aromatic N) is 3. The molecule has 7 heteroatoms. The fourth-order valence-corrected chi connectivity index (χ4v) is 2.14. The number of aromatic nitrogens is 3. The number of hydrogen-bond donors (Lipinski definition) is 2. The fraction of sp³-hybridized carbons (Fsp3) is 0.500. The zero-order valence-corrected chi connectivity index (χ0v) is 15.2. The van der Waals surface area contributed by atoms with Crippen LogP contribution in [0.25, 0.3) is 5.69 Å². The Morgan fingerprint density at radius 2 is 1.96 bits per heavy atom. The van der Waals surface area contributed by atoms with Gasteiger partial charge in [0.25, 0.3) is 5.91 Å². The molecule has 0 aliphatic rings.